The molecule has 12 nitrogen and oxygen atoms in total. The molecule has 2 aliphatic rings. The van der Waals surface area contributed by atoms with Gasteiger partial charge in [-0.25, -0.2) is 9.48 Å². The predicted molar refractivity (Wildman–Crippen MR) is 197 cm³/mol. The van der Waals surface area contributed by atoms with Crippen molar-refractivity contribution in [3.63, 3.8) is 0 Å². The van der Waals surface area contributed by atoms with Crippen molar-refractivity contribution in [1.29, 1.82) is 0 Å². The molecule has 2 aromatic carbocycles. The lowest BCUT2D eigenvalue weighted by atomic mass is 9.87. The number of rotatable bonds is 16. The third-order valence-electron chi connectivity index (χ3n) is 9.36. The van der Waals surface area contributed by atoms with Gasteiger partial charge in [0.15, 0.2) is 0 Å². The van der Waals surface area contributed by atoms with Crippen LogP contribution in [-0.2, 0) is 14.3 Å². The number of para-hydroxylation sites is 1. The van der Waals surface area contributed by atoms with Crippen molar-refractivity contribution in [2.75, 3.05) is 44.7 Å². The molecular formula is C39H54N6O6. The van der Waals surface area contributed by atoms with E-state index in [9.17, 15) is 14.4 Å². The van der Waals surface area contributed by atoms with E-state index >= 15 is 0 Å². The Bertz CT molecular complexity index is 1580. The summed E-state index contributed by atoms with van der Waals surface area (Å²) in [5.74, 6) is 1.93. The van der Waals surface area contributed by atoms with Crippen molar-refractivity contribution in [3.05, 3.63) is 60.2 Å². The number of aromatic nitrogens is 2. The molecule has 1 atom stereocenters. The summed E-state index contributed by atoms with van der Waals surface area (Å²) >= 11 is 0. The lowest BCUT2D eigenvalue weighted by Gasteiger charge is -2.38. The molecule has 4 N–H and O–H groups in total. The van der Waals surface area contributed by atoms with Gasteiger partial charge in [0.2, 0.25) is 5.91 Å². The maximum absolute atomic E-state index is 12.9. The van der Waals surface area contributed by atoms with Crippen molar-refractivity contribution in [1.82, 2.24) is 20.0 Å². The van der Waals surface area contributed by atoms with Crippen LogP contribution in [0.25, 0.3) is 11.3 Å². The predicted octanol–water partition coefficient (Wildman–Crippen LogP) is 6.92. The highest BCUT2D eigenvalue weighted by Gasteiger charge is 2.36. The first kappa shape index (κ1) is 37.7. The summed E-state index contributed by atoms with van der Waals surface area (Å²) < 4.78 is 18.9. The number of nitrogens with two attached hydrogens (primary N) is 1. The molecule has 12 heteroatoms. The highest BCUT2D eigenvalue weighted by atomic mass is 16.6. The maximum atomic E-state index is 12.9. The number of amides is 3. The van der Waals surface area contributed by atoms with Crippen LogP contribution in [0.5, 0.6) is 11.5 Å². The van der Waals surface area contributed by atoms with Gasteiger partial charge in [-0.05, 0) is 95.2 Å². The Kier molecular flexibility index (Phi) is 13.3. The molecule has 0 aliphatic carbocycles. The van der Waals surface area contributed by atoms with Gasteiger partial charge in [0, 0.05) is 38.3 Å². The number of likely N-dealkylation sites (tertiary alicyclic amines) is 1. The van der Waals surface area contributed by atoms with E-state index in [1.165, 1.54) is 0 Å². The van der Waals surface area contributed by atoms with Gasteiger partial charge in [-0.2, -0.15) is 5.10 Å². The molecule has 1 unspecified atom stereocenters. The van der Waals surface area contributed by atoms with Crippen LogP contribution in [-0.4, -0.2) is 77.6 Å². The van der Waals surface area contributed by atoms with E-state index in [2.05, 4.69) is 10.6 Å². The van der Waals surface area contributed by atoms with E-state index in [1.807, 2.05) is 85.0 Å². The molecule has 3 heterocycles. The zero-order valence-electron chi connectivity index (χ0n) is 30.3. The molecule has 51 heavy (non-hydrogen) atoms. The van der Waals surface area contributed by atoms with Crippen LogP contribution in [0.15, 0.2) is 54.6 Å². The number of ether oxygens (including phenoxy) is 3. The van der Waals surface area contributed by atoms with E-state index in [1.54, 1.807) is 0 Å². The van der Waals surface area contributed by atoms with Crippen LogP contribution >= 0.6 is 0 Å². The largest absolute Gasteiger partial charge is 0.457 e. The Labute approximate surface area is 301 Å². The van der Waals surface area contributed by atoms with Gasteiger partial charge >= 0.3 is 6.09 Å². The number of benzene rings is 2. The summed E-state index contributed by atoms with van der Waals surface area (Å²) in [6.45, 7) is 8.94. The van der Waals surface area contributed by atoms with Crippen LogP contribution in [0, 0.1) is 5.92 Å². The zero-order chi connectivity index (χ0) is 36.2. The van der Waals surface area contributed by atoms with Crippen LogP contribution in [0.2, 0.25) is 0 Å². The fraction of sp³-hybridized carbons (Fsp3) is 0.538. The Morgan fingerprint density at radius 3 is 2.25 bits per heavy atom. The fourth-order valence-electron chi connectivity index (χ4n) is 6.81. The van der Waals surface area contributed by atoms with Gasteiger partial charge in [0.25, 0.3) is 5.91 Å². The number of anilines is 1. The maximum Gasteiger partial charge on any atom is 0.407 e. The first-order valence-corrected chi connectivity index (χ1v) is 18.4. The topological polar surface area (TPSA) is 150 Å². The average Bonchev–Trinajstić information content (AvgIpc) is 3.51. The third-order valence-corrected chi connectivity index (χ3v) is 9.36. The van der Waals surface area contributed by atoms with E-state index in [4.69, 9.17) is 25.0 Å². The second-order valence-electron chi connectivity index (χ2n) is 14.4. The SMILES string of the molecule is CC(C)(C)OC(=O)NCCCCCCCCOCC(=O)N1CCC(C2CCNc3c(C(N)=O)c(-c4ccc(Oc5ccccc5)cc4)nn32)CC1. The molecule has 0 radical (unpaired) electrons. The summed E-state index contributed by atoms with van der Waals surface area (Å²) in [4.78, 5) is 39.2. The van der Waals surface area contributed by atoms with E-state index in [-0.39, 0.29) is 24.6 Å². The first-order valence-electron chi connectivity index (χ1n) is 18.4. The summed E-state index contributed by atoms with van der Waals surface area (Å²) in [7, 11) is 0. The molecule has 1 fully saturated rings. The standard InChI is InChI=1S/C39H54N6O6/c1-39(2,3)51-38(48)42-22-11-6-4-5-7-12-26-49-27-33(46)44-24-20-28(21-25-44)32-19-23-41-37-34(36(40)47)35(43-45(32)37)29-15-17-31(18-16-29)50-30-13-9-8-10-14-30/h8-10,13-18,28,32,41H,4-7,11-12,19-27H2,1-3H3,(H2,40,47)(H,42,48). The van der Waals surface area contributed by atoms with Crippen LogP contribution in [0.3, 0.4) is 0 Å². The number of alkyl carbamates (subject to hydrolysis) is 1. The Morgan fingerprint density at radius 2 is 1.57 bits per heavy atom. The minimum Gasteiger partial charge on any atom is -0.457 e. The van der Waals surface area contributed by atoms with Gasteiger partial charge in [-0.15, -0.1) is 0 Å². The number of piperidine rings is 1. The molecular weight excluding hydrogens is 648 g/mol. The number of fused-ring (bicyclic) bond motifs is 1. The zero-order valence-corrected chi connectivity index (χ0v) is 30.3. The summed E-state index contributed by atoms with van der Waals surface area (Å²) in [6.07, 6.45) is 8.39. The number of primary amides is 1. The third kappa shape index (κ3) is 11.0. The summed E-state index contributed by atoms with van der Waals surface area (Å²) in [6, 6.07) is 17.2. The second-order valence-corrected chi connectivity index (χ2v) is 14.4. The highest BCUT2D eigenvalue weighted by Crippen LogP contribution is 2.40. The van der Waals surface area contributed by atoms with Crippen molar-refractivity contribution >= 4 is 23.7 Å². The van der Waals surface area contributed by atoms with Gasteiger partial charge in [0.05, 0.1) is 6.04 Å². The lowest BCUT2D eigenvalue weighted by molar-refractivity contribution is -0.137. The van der Waals surface area contributed by atoms with Crippen LogP contribution in [0.1, 0.15) is 95.0 Å². The molecule has 3 aromatic rings. The molecule has 0 spiro atoms. The quantitative estimate of drug-likeness (QED) is 0.136. The molecule has 1 aromatic heterocycles. The number of carbonyl (C=O) groups is 3. The lowest BCUT2D eigenvalue weighted by Crippen LogP contribution is -2.43. The van der Waals surface area contributed by atoms with Crippen molar-refractivity contribution in [2.24, 2.45) is 11.7 Å². The van der Waals surface area contributed by atoms with Crippen molar-refractivity contribution in [2.45, 2.75) is 90.2 Å². The second kappa shape index (κ2) is 18.1. The molecule has 5 rings (SSSR count). The Hall–Kier alpha value is -4.58. The summed E-state index contributed by atoms with van der Waals surface area (Å²) in [5.41, 5.74) is 7.18. The minimum atomic E-state index is -0.519. The number of nitrogens with one attached hydrogen (secondary N) is 2. The number of unbranched alkanes of at least 4 members (excludes halogenated alkanes) is 5. The van der Waals surface area contributed by atoms with Crippen molar-refractivity contribution < 1.29 is 28.6 Å². The monoisotopic (exact) mass is 702 g/mol. The molecule has 1 saturated heterocycles. The molecule has 3 amide bonds. The Morgan fingerprint density at radius 1 is 0.902 bits per heavy atom. The number of hydrogen-bond acceptors (Lipinski definition) is 8. The highest BCUT2D eigenvalue weighted by molar-refractivity contribution is 6.03. The molecule has 0 bridgehead atoms. The van der Waals surface area contributed by atoms with E-state index in [0.29, 0.717) is 55.0 Å². The first-order chi connectivity index (χ1) is 24.6. The summed E-state index contributed by atoms with van der Waals surface area (Å²) in [5, 5.41) is 11.1. The average molecular weight is 703 g/mol. The van der Waals surface area contributed by atoms with Gasteiger partial charge in [0.1, 0.15) is 40.8 Å². The molecule has 0 saturated carbocycles. The Balaban J connectivity index is 1.03. The van der Waals surface area contributed by atoms with E-state index in [0.717, 1.165) is 75.6 Å². The normalized spacial score (nSPS) is 16.2. The number of nitrogens with zero attached hydrogens (tertiary/aromatic N) is 3. The number of hydrogen-bond donors (Lipinski definition) is 3. The smallest absolute Gasteiger partial charge is 0.407 e. The van der Waals surface area contributed by atoms with E-state index < -0.39 is 11.5 Å². The minimum absolute atomic E-state index is 0.0361. The van der Waals surface area contributed by atoms with Gasteiger partial charge in [-0.3, -0.25) is 9.59 Å². The van der Waals surface area contributed by atoms with Gasteiger partial charge < -0.3 is 35.5 Å². The van der Waals surface area contributed by atoms with Crippen LogP contribution in [0.4, 0.5) is 10.6 Å². The fourth-order valence-corrected chi connectivity index (χ4v) is 6.81. The number of carbonyl (C=O) groups excluding carboxylic acids is 3. The van der Waals surface area contributed by atoms with Crippen LogP contribution < -0.4 is 21.1 Å². The van der Waals surface area contributed by atoms with Gasteiger partial charge in [-0.1, -0.05) is 43.9 Å². The van der Waals surface area contributed by atoms with Crippen molar-refractivity contribution in [3.8, 4) is 22.8 Å². The molecule has 2 aliphatic heterocycles. The molecule has 276 valence electrons.